The third kappa shape index (κ3) is 2.42. The van der Waals surface area contributed by atoms with E-state index in [2.05, 4.69) is 9.97 Å². The van der Waals surface area contributed by atoms with Gasteiger partial charge in [-0.25, -0.2) is 4.79 Å². The molecule has 0 aliphatic rings. The van der Waals surface area contributed by atoms with Gasteiger partial charge in [-0.3, -0.25) is 9.78 Å². The molecule has 3 aromatic rings. The summed E-state index contributed by atoms with van der Waals surface area (Å²) in [4.78, 5) is 29.3. The third-order valence-electron chi connectivity index (χ3n) is 3.35. The van der Waals surface area contributed by atoms with Gasteiger partial charge in [0, 0.05) is 6.20 Å². The Kier molecular flexibility index (Phi) is 3.34. The van der Waals surface area contributed by atoms with Crippen molar-refractivity contribution in [2.75, 3.05) is 0 Å². The van der Waals surface area contributed by atoms with Crippen LogP contribution in [0.2, 0.25) is 0 Å². The molecule has 3 rings (SSSR count). The number of H-pyrrole nitrogens is 1. The monoisotopic (exact) mass is 296 g/mol. The summed E-state index contributed by atoms with van der Waals surface area (Å²) in [5, 5.41) is 18.9. The fraction of sp³-hybridized carbons (Fsp3) is 0.0625. The summed E-state index contributed by atoms with van der Waals surface area (Å²) in [6.07, 6.45) is 2.17. The molecule has 6 nitrogen and oxygen atoms in total. The normalized spacial score (nSPS) is 10.7. The lowest BCUT2D eigenvalue weighted by atomic mass is 10.1. The van der Waals surface area contributed by atoms with E-state index in [9.17, 15) is 14.7 Å². The van der Waals surface area contributed by atoms with Gasteiger partial charge < -0.3 is 15.2 Å². The smallest absolute Gasteiger partial charge is 0.345 e. The molecular weight excluding hydrogens is 284 g/mol. The van der Waals surface area contributed by atoms with Crippen LogP contribution in [0, 0.1) is 0 Å². The van der Waals surface area contributed by atoms with Crippen LogP contribution < -0.4 is 5.56 Å². The van der Waals surface area contributed by atoms with Crippen LogP contribution in [-0.4, -0.2) is 26.2 Å². The number of aromatic amines is 1. The van der Waals surface area contributed by atoms with Crippen molar-refractivity contribution in [2.24, 2.45) is 0 Å². The third-order valence-corrected chi connectivity index (χ3v) is 3.35. The van der Waals surface area contributed by atoms with Crippen LogP contribution in [0.25, 0.3) is 11.0 Å². The number of nitrogens with one attached hydrogen (secondary N) is 1. The summed E-state index contributed by atoms with van der Waals surface area (Å²) < 4.78 is 0. The summed E-state index contributed by atoms with van der Waals surface area (Å²) >= 11 is 0. The number of carbonyl (C=O) groups is 1. The van der Waals surface area contributed by atoms with Gasteiger partial charge in [0.25, 0.3) is 5.56 Å². The van der Waals surface area contributed by atoms with Gasteiger partial charge in [-0.1, -0.05) is 30.3 Å². The molecular formula is C16H12N2O4. The highest BCUT2D eigenvalue weighted by atomic mass is 16.4. The second-order valence-electron chi connectivity index (χ2n) is 4.88. The van der Waals surface area contributed by atoms with E-state index in [0.717, 1.165) is 11.1 Å². The zero-order valence-electron chi connectivity index (χ0n) is 11.4. The van der Waals surface area contributed by atoms with Crippen molar-refractivity contribution >= 4 is 17.0 Å². The second kappa shape index (κ2) is 5.33. The van der Waals surface area contributed by atoms with Crippen LogP contribution in [0.1, 0.15) is 21.5 Å². The minimum atomic E-state index is -1.49. The van der Waals surface area contributed by atoms with Gasteiger partial charge in [0.1, 0.15) is 5.52 Å². The van der Waals surface area contributed by atoms with E-state index in [-0.39, 0.29) is 5.52 Å². The quantitative estimate of drug-likeness (QED) is 0.685. The zero-order chi connectivity index (χ0) is 15.7. The molecule has 22 heavy (non-hydrogen) atoms. The van der Waals surface area contributed by atoms with Crippen molar-refractivity contribution < 1.29 is 15.0 Å². The van der Waals surface area contributed by atoms with Gasteiger partial charge in [0.15, 0.2) is 11.3 Å². The lowest BCUT2D eigenvalue weighted by molar-refractivity contribution is 0.0692. The van der Waals surface area contributed by atoms with Gasteiger partial charge in [-0.05, 0) is 23.6 Å². The summed E-state index contributed by atoms with van der Waals surface area (Å²) in [6.45, 7) is 0. The van der Waals surface area contributed by atoms with E-state index in [1.807, 2.05) is 30.3 Å². The molecule has 0 aliphatic heterocycles. The van der Waals surface area contributed by atoms with Crippen LogP contribution >= 0.6 is 0 Å². The molecule has 110 valence electrons. The number of carboxylic acid groups (broad SMARTS) is 1. The summed E-state index contributed by atoms with van der Waals surface area (Å²) in [5.74, 6) is -2.10. The predicted molar refractivity (Wildman–Crippen MR) is 80.2 cm³/mol. The van der Waals surface area contributed by atoms with Crippen LogP contribution in [0.5, 0.6) is 5.75 Å². The maximum Gasteiger partial charge on any atom is 0.345 e. The molecule has 0 unspecified atom stereocenters. The van der Waals surface area contributed by atoms with Crippen molar-refractivity contribution in [1.29, 1.82) is 0 Å². The van der Waals surface area contributed by atoms with Crippen molar-refractivity contribution in [3.63, 3.8) is 0 Å². The van der Waals surface area contributed by atoms with Gasteiger partial charge in [0.05, 0.1) is 5.52 Å². The Bertz CT molecular complexity index is 917. The van der Waals surface area contributed by atoms with E-state index in [1.165, 1.54) is 0 Å². The molecule has 2 aromatic heterocycles. The maximum atomic E-state index is 11.7. The molecule has 0 amide bonds. The number of hydrogen-bond acceptors (Lipinski definition) is 4. The minimum Gasteiger partial charge on any atom is -0.505 e. The number of nitrogens with zero attached hydrogens (tertiary/aromatic N) is 1. The zero-order valence-corrected chi connectivity index (χ0v) is 11.4. The largest absolute Gasteiger partial charge is 0.505 e. The van der Waals surface area contributed by atoms with E-state index >= 15 is 0 Å². The van der Waals surface area contributed by atoms with Crippen molar-refractivity contribution in [1.82, 2.24) is 9.97 Å². The number of fused-ring (bicyclic) bond motifs is 1. The van der Waals surface area contributed by atoms with Crippen LogP contribution in [-0.2, 0) is 6.42 Å². The van der Waals surface area contributed by atoms with Gasteiger partial charge in [0.2, 0.25) is 0 Å². The van der Waals surface area contributed by atoms with E-state index in [1.54, 1.807) is 12.3 Å². The van der Waals surface area contributed by atoms with E-state index in [4.69, 9.17) is 5.11 Å². The first-order valence-corrected chi connectivity index (χ1v) is 6.57. The Morgan fingerprint density at radius 1 is 1.18 bits per heavy atom. The Balaban J connectivity index is 2.10. The fourth-order valence-corrected chi connectivity index (χ4v) is 2.33. The number of rotatable bonds is 3. The highest BCUT2D eigenvalue weighted by Gasteiger charge is 2.19. The van der Waals surface area contributed by atoms with Gasteiger partial charge in [-0.2, -0.15) is 0 Å². The Morgan fingerprint density at radius 2 is 1.91 bits per heavy atom. The summed E-state index contributed by atoms with van der Waals surface area (Å²) in [6, 6.07) is 11.4. The summed E-state index contributed by atoms with van der Waals surface area (Å²) in [5.41, 5.74) is 0.746. The molecule has 0 radical (unpaired) electrons. The van der Waals surface area contributed by atoms with Crippen molar-refractivity contribution in [3.8, 4) is 5.75 Å². The fourth-order valence-electron chi connectivity index (χ4n) is 2.33. The first-order chi connectivity index (χ1) is 10.6. The lowest BCUT2D eigenvalue weighted by Crippen LogP contribution is -2.18. The minimum absolute atomic E-state index is 0.0637. The molecule has 0 fully saturated rings. The SMILES string of the molecule is O=C(O)c1c(O)c2ncc(Cc3ccccc3)cc2[nH]c1=O. The molecule has 0 saturated heterocycles. The highest BCUT2D eigenvalue weighted by Crippen LogP contribution is 2.23. The van der Waals surface area contributed by atoms with Gasteiger partial charge in [-0.15, -0.1) is 0 Å². The summed E-state index contributed by atoms with van der Waals surface area (Å²) in [7, 11) is 0. The molecule has 0 bridgehead atoms. The molecule has 0 aliphatic carbocycles. The number of hydrogen-bond donors (Lipinski definition) is 3. The molecule has 0 spiro atoms. The molecule has 1 aromatic carbocycles. The average Bonchev–Trinajstić information content (AvgIpc) is 2.47. The van der Waals surface area contributed by atoms with Crippen LogP contribution in [0.15, 0.2) is 47.4 Å². The molecule has 3 N–H and O–H groups in total. The first kappa shape index (κ1) is 13.8. The number of carboxylic acids is 1. The number of pyridine rings is 2. The number of aromatic carboxylic acids is 1. The van der Waals surface area contributed by atoms with Crippen molar-refractivity contribution in [3.05, 3.63) is 69.6 Å². The van der Waals surface area contributed by atoms with E-state index < -0.39 is 22.8 Å². The van der Waals surface area contributed by atoms with Crippen LogP contribution in [0.3, 0.4) is 0 Å². The first-order valence-electron chi connectivity index (χ1n) is 6.57. The van der Waals surface area contributed by atoms with Crippen molar-refractivity contribution in [2.45, 2.75) is 6.42 Å². The Morgan fingerprint density at radius 3 is 2.59 bits per heavy atom. The molecule has 0 atom stereocenters. The topological polar surface area (TPSA) is 103 Å². The standard InChI is InChI=1S/C16H12N2O4/c19-14-12(16(21)22)15(20)18-11-7-10(8-17-13(11)14)6-9-4-2-1-3-5-9/h1-5,7-8H,6H2,(H,21,22)(H2,18,19,20). The van der Waals surface area contributed by atoms with Gasteiger partial charge >= 0.3 is 5.97 Å². The predicted octanol–water partition coefficient (Wildman–Crippen LogP) is 1.92. The Labute approximate surface area is 124 Å². The average molecular weight is 296 g/mol. The number of benzene rings is 1. The highest BCUT2D eigenvalue weighted by molar-refractivity contribution is 5.96. The maximum absolute atomic E-state index is 11.7. The molecule has 0 saturated carbocycles. The second-order valence-corrected chi connectivity index (χ2v) is 4.88. The molecule has 6 heteroatoms. The molecule has 2 heterocycles. The van der Waals surface area contributed by atoms with Crippen LogP contribution in [0.4, 0.5) is 0 Å². The number of aromatic nitrogens is 2. The number of aromatic hydroxyl groups is 1. The lowest BCUT2D eigenvalue weighted by Gasteiger charge is -2.06. The van der Waals surface area contributed by atoms with E-state index in [0.29, 0.717) is 11.9 Å². The Hall–Kier alpha value is -3.15.